The number of carbonyl (C=O) groups excluding carboxylic acids is 1. The first-order chi connectivity index (χ1) is 18.3. The first-order valence-corrected chi connectivity index (χ1v) is 11.8. The predicted octanol–water partition coefficient (Wildman–Crippen LogP) is 2.80. The van der Waals surface area contributed by atoms with Crippen molar-refractivity contribution < 1.29 is 32.2 Å². The Labute approximate surface area is 216 Å². The quantitative estimate of drug-likeness (QED) is 0.226. The van der Waals surface area contributed by atoms with Crippen LogP contribution >= 0.6 is 0 Å². The molecule has 3 aromatic rings. The lowest BCUT2D eigenvalue weighted by molar-refractivity contribution is -0.297. The molecule has 10 nitrogen and oxygen atoms in total. The smallest absolute Gasteiger partial charge is 0.269 e. The summed E-state index contributed by atoms with van der Waals surface area (Å²) in [5.74, 6) is -4.72. The van der Waals surface area contributed by atoms with E-state index in [1.165, 1.54) is 17.2 Å². The summed E-state index contributed by atoms with van der Waals surface area (Å²) in [4.78, 5) is 14.5. The maximum Gasteiger partial charge on any atom is 0.269 e. The van der Waals surface area contributed by atoms with Crippen LogP contribution in [0.4, 0.5) is 13.2 Å². The molecule has 38 heavy (non-hydrogen) atoms. The van der Waals surface area contributed by atoms with Gasteiger partial charge in [0.15, 0.2) is 23.7 Å². The number of hydrogen-bond acceptors (Lipinski definition) is 7. The maximum absolute atomic E-state index is 13.8. The Bertz CT molecular complexity index is 1300. The fourth-order valence-corrected chi connectivity index (χ4v) is 4.39. The second-order valence-electron chi connectivity index (χ2n) is 9.16. The number of nitrogens with one attached hydrogen (secondary N) is 1. The Morgan fingerprint density at radius 3 is 2.61 bits per heavy atom. The highest BCUT2D eigenvalue weighted by Crippen LogP contribution is 2.39. The number of nitrogens with zero attached hydrogens (tertiary/aromatic N) is 5. The lowest BCUT2D eigenvalue weighted by atomic mass is 9.94. The summed E-state index contributed by atoms with van der Waals surface area (Å²) in [6, 6.07) is 10.5. The number of aromatic nitrogens is 3. The molecule has 1 N–H and O–H groups in total. The Morgan fingerprint density at radius 2 is 1.89 bits per heavy atom. The molecular formula is C25H25F3N6O4. The predicted molar refractivity (Wildman–Crippen MR) is 128 cm³/mol. The van der Waals surface area contributed by atoms with Crippen LogP contribution in [0.2, 0.25) is 0 Å². The van der Waals surface area contributed by atoms with Crippen LogP contribution in [0.3, 0.4) is 0 Å². The zero-order valence-electron chi connectivity index (χ0n) is 20.5. The number of rotatable bonds is 6. The molecule has 2 saturated heterocycles. The molecule has 2 aliphatic heterocycles. The van der Waals surface area contributed by atoms with Crippen molar-refractivity contribution in [1.29, 1.82) is 0 Å². The van der Waals surface area contributed by atoms with Crippen LogP contribution in [0.15, 0.2) is 53.8 Å². The van der Waals surface area contributed by atoms with Crippen LogP contribution in [0.1, 0.15) is 24.3 Å². The van der Waals surface area contributed by atoms with Gasteiger partial charge in [-0.1, -0.05) is 35.5 Å². The SMILES string of the molecule is CN(C)/C=N/NC(=O)C1CC(n2cc(-c3cc(F)c(F)c(F)c3)nn2)C2OC(c3ccccc3)OCC2O1. The third kappa shape index (κ3) is 5.39. The minimum Gasteiger partial charge on any atom is -0.367 e. The fraction of sp³-hybridized carbons (Fsp3) is 0.360. The van der Waals surface area contributed by atoms with Gasteiger partial charge in [0.2, 0.25) is 0 Å². The molecule has 2 aliphatic rings. The van der Waals surface area contributed by atoms with Gasteiger partial charge in [-0.2, -0.15) is 5.10 Å². The van der Waals surface area contributed by atoms with Gasteiger partial charge in [0, 0.05) is 31.6 Å². The van der Waals surface area contributed by atoms with Gasteiger partial charge in [-0.05, 0) is 12.1 Å². The average molecular weight is 531 g/mol. The zero-order valence-corrected chi connectivity index (χ0v) is 20.5. The molecule has 5 rings (SSSR count). The van der Waals surface area contributed by atoms with Crippen LogP contribution < -0.4 is 5.43 Å². The molecule has 2 aromatic carbocycles. The number of fused-ring (bicyclic) bond motifs is 1. The van der Waals surface area contributed by atoms with E-state index in [9.17, 15) is 18.0 Å². The Morgan fingerprint density at radius 1 is 1.16 bits per heavy atom. The molecule has 200 valence electrons. The normalized spacial score (nSPS) is 25.2. The molecule has 0 bridgehead atoms. The van der Waals surface area contributed by atoms with Crippen molar-refractivity contribution >= 4 is 12.2 Å². The Kier molecular flexibility index (Phi) is 7.40. The second kappa shape index (κ2) is 10.9. The summed E-state index contributed by atoms with van der Waals surface area (Å²) in [6.45, 7) is 0.140. The Balaban J connectivity index is 1.43. The van der Waals surface area contributed by atoms with E-state index < -0.39 is 54.0 Å². The molecule has 0 saturated carbocycles. The highest BCUT2D eigenvalue weighted by atomic mass is 19.2. The summed E-state index contributed by atoms with van der Waals surface area (Å²) in [6.07, 6.45) is 0.213. The van der Waals surface area contributed by atoms with Crippen LogP contribution in [0, 0.1) is 17.5 Å². The van der Waals surface area contributed by atoms with Crippen molar-refractivity contribution in [3.05, 3.63) is 71.7 Å². The lowest BCUT2D eigenvalue weighted by Gasteiger charge is -2.45. The van der Waals surface area contributed by atoms with Crippen LogP contribution in [-0.2, 0) is 19.0 Å². The van der Waals surface area contributed by atoms with E-state index in [4.69, 9.17) is 14.2 Å². The van der Waals surface area contributed by atoms with Gasteiger partial charge < -0.3 is 19.1 Å². The highest BCUT2D eigenvalue weighted by Gasteiger charge is 2.47. The van der Waals surface area contributed by atoms with Crippen molar-refractivity contribution in [3.8, 4) is 11.3 Å². The third-order valence-electron chi connectivity index (χ3n) is 6.19. The van der Waals surface area contributed by atoms with Gasteiger partial charge in [-0.15, -0.1) is 5.10 Å². The van der Waals surface area contributed by atoms with Crippen molar-refractivity contribution in [1.82, 2.24) is 25.3 Å². The van der Waals surface area contributed by atoms with Crippen molar-refractivity contribution in [2.75, 3.05) is 20.7 Å². The van der Waals surface area contributed by atoms with Gasteiger partial charge in [0.25, 0.3) is 5.91 Å². The first-order valence-electron chi connectivity index (χ1n) is 11.8. The summed E-state index contributed by atoms with van der Waals surface area (Å²) >= 11 is 0. The molecule has 3 heterocycles. The average Bonchev–Trinajstić information content (AvgIpc) is 3.41. The fourth-order valence-electron chi connectivity index (χ4n) is 4.39. The minimum atomic E-state index is -1.57. The number of halogens is 3. The van der Waals surface area contributed by atoms with E-state index in [1.807, 2.05) is 30.3 Å². The first kappa shape index (κ1) is 25.8. The standard InChI is InChI=1S/C25H25F3N6O4/c1-33(2)13-29-31-24(35)20-10-19(23-21(37-20)12-36-25(38-23)14-6-4-3-5-7-14)34-11-18(30-32-34)15-8-16(26)22(28)17(27)9-15/h3-9,11,13,19-21,23,25H,10,12H2,1-2H3,(H,31,35)/b29-13+. The highest BCUT2D eigenvalue weighted by molar-refractivity contribution is 5.81. The summed E-state index contributed by atoms with van der Waals surface area (Å²) in [5.41, 5.74) is 3.39. The maximum atomic E-state index is 13.8. The lowest BCUT2D eigenvalue weighted by Crippen LogP contribution is -2.55. The number of ether oxygens (including phenoxy) is 3. The van der Waals surface area contributed by atoms with Gasteiger partial charge in [0.1, 0.15) is 30.3 Å². The molecule has 0 radical (unpaired) electrons. The number of amides is 1. The van der Waals surface area contributed by atoms with Gasteiger partial charge >= 0.3 is 0 Å². The molecule has 0 spiro atoms. The number of benzene rings is 2. The summed E-state index contributed by atoms with van der Waals surface area (Å²) in [7, 11) is 3.52. The molecule has 5 unspecified atom stereocenters. The van der Waals surface area contributed by atoms with Crippen LogP contribution in [0.5, 0.6) is 0 Å². The van der Waals surface area contributed by atoms with Gasteiger partial charge in [0.05, 0.1) is 18.8 Å². The summed E-state index contributed by atoms with van der Waals surface area (Å²) < 4.78 is 60.8. The van der Waals surface area contributed by atoms with E-state index in [1.54, 1.807) is 19.0 Å². The van der Waals surface area contributed by atoms with E-state index in [0.29, 0.717) is 0 Å². The van der Waals surface area contributed by atoms with Crippen molar-refractivity contribution in [3.63, 3.8) is 0 Å². The third-order valence-corrected chi connectivity index (χ3v) is 6.19. The molecule has 0 aliphatic carbocycles. The second-order valence-corrected chi connectivity index (χ2v) is 9.16. The van der Waals surface area contributed by atoms with Crippen LogP contribution in [-0.4, -0.2) is 71.2 Å². The zero-order chi connectivity index (χ0) is 26.8. The van der Waals surface area contributed by atoms with E-state index in [2.05, 4.69) is 20.8 Å². The molecule has 1 aromatic heterocycles. The molecule has 2 fully saturated rings. The molecule has 1 amide bonds. The minimum absolute atomic E-state index is 0.0126. The van der Waals surface area contributed by atoms with E-state index in [0.717, 1.165) is 17.7 Å². The van der Waals surface area contributed by atoms with Crippen molar-refractivity contribution in [2.24, 2.45) is 5.10 Å². The molecule has 13 heteroatoms. The van der Waals surface area contributed by atoms with Crippen LogP contribution in [0.25, 0.3) is 11.3 Å². The topological polar surface area (TPSA) is 103 Å². The monoisotopic (exact) mass is 530 g/mol. The van der Waals surface area contributed by atoms with Gasteiger partial charge in [-0.3, -0.25) is 4.79 Å². The molecule has 5 atom stereocenters. The molecular weight excluding hydrogens is 505 g/mol. The van der Waals surface area contributed by atoms with E-state index >= 15 is 0 Å². The number of hydrogen-bond donors (Lipinski definition) is 1. The number of hydrazone groups is 1. The van der Waals surface area contributed by atoms with Gasteiger partial charge in [-0.25, -0.2) is 23.3 Å². The Hall–Kier alpha value is -3.81. The largest absolute Gasteiger partial charge is 0.367 e. The summed E-state index contributed by atoms with van der Waals surface area (Å²) in [5, 5.41) is 12.1. The number of carbonyl (C=O) groups is 1. The van der Waals surface area contributed by atoms with E-state index in [-0.39, 0.29) is 24.3 Å². The van der Waals surface area contributed by atoms with Crippen molar-refractivity contribution in [2.45, 2.75) is 37.1 Å².